The third kappa shape index (κ3) is 3.63. The molecule has 0 aliphatic carbocycles. The lowest BCUT2D eigenvalue weighted by atomic mass is 10.1. The van der Waals surface area contributed by atoms with Crippen molar-refractivity contribution < 1.29 is 19.4 Å². The fourth-order valence-electron chi connectivity index (χ4n) is 2.19. The zero-order valence-corrected chi connectivity index (χ0v) is 11.9. The minimum absolute atomic E-state index is 0.238. The van der Waals surface area contributed by atoms with Gasteiger partial charge in [0.2, 0.25) is 0 Å². The van der Waals surface area contributed by atoms with Crippen LogP contribution in [0.25, 0.3) is 0 Å². The monoisotopic (exact) mass is 279 g/mol. The van der Waals surface area contributed by atoms with Crippen molar-refractivity contribution in [3.63, 3.8) is 0 Å². The van der Waals surface area contributed by atoms with Gasteiger partial charge in [0.15, 0.2) is 11.5 Å². The summed E-state index contributed by atoms with van der Waals surface area (Å²) in [5.41, 5.74) is 0.443. The van der Waals surface area contributed by atoms with E-state index in [-0.39, 0.29) is 12.5 Å². The molecule has 1 aromatic rings. The van der Waals surface area contributed by atoms with E-state index in [2.05, 4.69) is 5.32 Å². The van der Waals surface area contributed by atoms with Crippen LogP contribution in [0.15, 0.2) is 18.2 Å². The van der Waals surface area contributed by atoms with Gasteiger partial charge in [0.25, 0.3) is 5.91 Å². The summed E-state index contributed by atoms with van der Waals surface area (Å²) in [6.07, 6.45) is 0.128. The first kappa shape index (κ1) is 14.7. The quantitative estimate of drug-likeness (QED) is 0.859. The highest BCUT2D eigenvalue weighted by Crippen LogP contribution is 2.33. The predicted octanol–water partition coefficient (Wildman–Crippen LogP) is 1.59. The van der Waals surface area contributed by atoms with E-state index in [9.17, 15) is 9.90 Å². The van der Waals surface area contributed by atoms with Crippen molar-refractivity contribution in [1.29, 1.82) is 0 Å². The number of amides is 1. The molecule has 5 nitrogen and oxygen atoms in total. The summed E-state index contributed by atoms with van der Waals surface area (Å²) in [6.45, 7) is 5.23. The first-order valence-corrected chi connectivity index (χ1v) is 6.92. The summed E-state index contributed by atoms with van der Waals surface area (Å²) in [4.78, 5) is 12.1. The lowest BCUT2D eigenvalue weighted by molar-refractivity contribution is 0.0890. The van der Waals surface area contributed by atoms with Gasteiger partial charge in [0.05, 0.1) is 11.7 Å². The second-order valence-corrected chi connectivity index (χ2v) is 5.32. The standard InChI is InChI=1S/C15H21NO4/c1-10(2)8-11(17)9-16-15(18)12-4-3-5-13-14(12)20-7-6-19-13/h3-5,10-11,17H,6-9H2,1-2H3,(H,16,18). The lowest BCUT2D eigenvalue weighted by Crippen LogP contribution is -2.33. The molecule has 20 heavy (non-hydrogen) atoms. The van der Waals surface area contributed by atoms with Crippen molar-refractivity contribution in [1.82, 2.24) is 5.32 Å². The number of hydrogen-bond acceptors (Lipinski definition) is 4. The Morgan fingerprint density at radius 2 is 2.10 bits per heavy atom. The molecule has 0 saturated heterocycles. The molecule has 1 aliphatic heterocycles. The zero-order chi connectivity index (χ0) is 14.5. The van der Waals surface area contributed by atoms with Crippen LogP contribution in [0.3, 0.4) is 0 Å². The molecule has 1 unspecified atom stereocenters. The lowest BCUT2D eigenvalue weighted by Gasteiger charge is -2.21. The Balaban J connectivity index is 1.99. The van der Waals surface area contributed by atoms with Crippen LogP contribution in [0.5, 0.6) is 11.5 Å². The van der Waals surface area contributed by atoms with Crippen molar-refractivity contribution >= 4 is 5.91 Å². The van der Waals surface area contributed by atoms with Gasteiger partial charge in [-0.05, 0) is 24.5 Å². The molecule has 5 heteroatoms. The number of hydrogen-bond donors (Lipinski definition) is 2. The molecule has 1 aliphatic rings. The SMILES string of the molecule is CC(C)CC(O)CNC(=O)c1cccc2c1OCCO2. The molecule has 0 spiro atoms. The van der Waals surface area contributed by atoms with E-state index in [0.717, 1.165) is 0 Å². The number of carbonyl (C=O) groups excluding carboxylic acids is 1. The van der Waals surface area contributed by atoms with Crippen LogP contribution in [-0.2, 0) is 0 Å². The maximum absolute atomic E-state index is 12.1. The fourth-order valence-corrected chi connectivity index (χ4v) is 2.19. The minimum Gasteiger partial charge on any atom is -0.486 e. The Labute approximate surface area is 118 Å². The Hall–Kier alpha value is -1.75. The summed E-state index contributed by atoms with van der Waals surface area (Å²) in [5.74, 6) is 1.21. The number of fused-ring (bicyclic) bond motifs is 1. The van der Waals surface area contributed by atoms with Crippen LogP contribution in [0, 0.1) is 5.92 Å². The van der Waals surface area contributed by atoms with Crippen LogP contribution >= 0.6 is 0 Å². The van der Waals surface area contributed by atoms with E-state index in [1.165, 1.54) is 0 Å². The van der Waals surface area contributed by atoms with Crippen molar-refractivity contribution in [3.8, 4) is 11.5 Å². The van der Waals surface area contributed by atoms with Gasteiger partial charge in [-0.2, -0.15) is 0 Å². The predicted molar refractivity (Wildman–Crippen MR) is 75.2 cm³/mol. The highest BCUT2D eigenvalue weighted by molar-refractivity contribution is 5.97. The summed E-state index contributed by atoms with van der Waals surface area (Å²) in [7, 11) is 0. The first-order chi connectivity index (χ1) is 9.58. The molecule has 1 atom stereocenters. The van der Waals surface area contributed by atoms with Crippen LogP contribution in [0.4, 0.5) is 0 Å². The van der Waals surface area contributed by atoms with Crippen molar-refractivity contribution in [3.05, 3.63) is 23.8 Å². The largest absolute Gasteiger partial charge is 0.486 e. The van der Waals surface area contributed by atoms with Gasteiger partial charge in [0, 0.05) is 6.54 Å². The molecular formula is C15H21NO4. The Morgan fingerprint density at radius 1 is 1.35 bits per heavy atom. The number of aliphatic hydroxyl groups excluding tert-OH is 1. The summed E-state index contributed by atoms with van der Waals surface area (Å²) < 4.78 is 10.9. The number of aliphatic hydroxyl groups is 1. The van der Waals surface area contributed by atoms with E-state index in [1.807, 2.05) is 13.8 Å². The Morgan fingerprint density at radius 3 is 2.85 bits per heavy atom. The maximum atomic E-state index is 12.1. The van der Waals surface area contributed by atoms with E-state index in [0.29, 0.717) is 42.6 Å². The minimum atomic E-state index is -0.532. The second kappa shape index (κ2) is 6.61. The zero-order valence-electron chi connectivity index (χ0n) is 11.9. The molecule has 1 amide bonds. The number of benzene rings is 1. The maximum Gasteiger partial charge on any atom is 0.255 e. The Bertz CT molecular complexity index is 473. The molecule has 2 rings (SSSR count). The van der Waals surface area contributed by atoms with Crippen molar-refractivity contribution in [2.24, 2.45) is 5.92 Å². The molecule has 0 aromatic heterocycles. The van der Waals surface area contributed by atoms with Gasteiger partial charge in [-0.25, -0.2) is 0 Å². The van der Waals surface area contributed by atoms with Crippen molar-refractivity contribution in [2.45, 2.75) is 26.4 Å². The third-order valence-electron chi connectivity index (χ3n) is 3.05. The van der Waals surface area contributed by atoms with E-state index >= 15 is 0 Å². The molecule has 0 bridgehead atoms. The fraction of sp³-hybridized carbons (Fsp3) is 0.533. The first-order valence-electron chi connectivity index (χ1n) is 6.92. The number of para-hydroxylation sites is 1. The number of carbonyl (C=O) groups is 1. The normalized spacial score (nSPS) is 15.0. The second-order valence-electron chi connectivity index (χ2n) is 5.32. The molecule has 0 fully saturated rings. The van der Waals surface area contributed by atoms with Crippen LogP contribution < -0.4 is 14.8 Å². The van der Waals surface area contributed by atoms with Gasteiger partial charge in [0.1, 0.15) is 13.2 Å². The van der Waals surface area contributed by atoms with Crippen LogP contribution in [-0.4, -0.2) is 36.9 Å². The number of rotatable bonds is 5. The average molecular weight is 279 g/mol. The smallest absolute Gasteiger partial charge is 0.255 e. The van der Waals surface area contributed by atoms with E-state index < -0.39 is 6.10 Å². The molecule has 0 saturated carbocycles. The summed E-state index contributed by atoms with van der Waals surface area (Å²) >= 11 is 0. The molecule has 0 radical (unpaired) electrons. The molecular weight excluding hydrogens is 258 g/mol. The molecule has 1 aromatic carbocycles. The highest BCUT2D eigenvalue weighted by Gasteiger charge is 2.20. The van der Waals surface area contributed by atoms with Gasteiger partial charge in [-0.15, -0.1) is 0 Å². The van der Waals surface area contributed by atoms with Crippen LogP contribution in [0.1, 0.15) is 30.6 Å². The molecule has 2 N–H and O–H groups in total. The van der Waals surface area contributed by atoms with E-state index in [1.54, 1.807) is 18.2 Å². The topological polar surface area (TPSA) is 67.8 Å². The number of nitrogens with one attached hydrogen (secondary N) is 1. The summed E-state index contributed by atoms with van der Waals surface area (Å²) in [5, 5.41) is 12.5. The van der Waals surface area contributed by atoms with Gasteiger partial charge in [-0.3, -0.25) is 4.79 Å². The number of ether oxygens (including phenoxy) is 2. The van der Waals surface area contributed by atoms with Gasteiger partial charge >= 0.3 is 0 Å². The van der Waals surface area contributed by atoms with Gasteiger partial charge in [-0.1, -0.05) is 19.9 Å². The Kier molecular flexibility index (Phi) is 4.84. The average Bonchev–Trinajstić information content (AvgIpc) is 2.43. The highest BCUT2D eigenvalue weighted by atomic mass is 16.6. The van der Waals surface area contributed by atoms with Gasteiger partial charge < -0.3 is 19.9 Å². The van der Waals surface area contributed by atoms with Crippen LogP contribution in [0.2, 0.25) is 0 Å². The van der Waals surface area contributed by atoms with Crippen molar-refractivity contribution in [2.75, 3.05) is 19.8 Å². The third-order valence-corrected chi connectivity index (χ3v) is 3.05. The molecule has 110 valence electrons. The summed E-state index contributed by atoms with van der Waals surface area (Å²) in [6, 6.07) is 5.23. The molecule has 1 heterocycles. The van der Waals surface area contributed by atoms with E-state index in [4.69, 9.17) is 9.47 Å².